The van der Waals surface area contributed by atoms with Gasteiger partial charge in [-0.3, -0.25) is 10.1 Å². The first-order valence-corrected chi connectivity index (χ1v) is 6.89. The van der Waals surface area contributed by atoms with Crippen molar-refractivity contribution in [1.29, 1.82) is 0 Å². The molecule has 1 unspecified atom stereocenters. The van der Waals surface area contributed by atoms with Crippen molar-refractivity contribution in [3.8, 4) is 0 Å². The maximum absolute atomic E-state index is 12.0. The Morgan fingerprint density at radius 3 is 2.89 bits per heavy atom. The number of carbonyl (C=O) groups excluding carboxylic acids is 1. The van der Waals surface area contributed by atoms with Gasteiger partial charge in [0, 0.05) is 13.1 Å². The highest BCUT2D eigenvalue weighted by molar-refractivity contribution is 5.83. The molecule has 0 bridgehead atoms. The lowest BCUT2D eigenvalue weighted by Gasteiger charge is -2.16. The Morgan fingerprint density at radius 1 is 1.44 bits per heavy atom. The van der Waals surface area contributed by atoms with Crippen molar-refractivity contribution >= 4 is 5.91 Å². The van der Waals surface area contributed by atoms with E-state index >= 15 is 0 Å². The zero-order chi connectivity index (χ0) is 13.4. The molecule has 0 saturated carbocycles. The Kier molecular flexibility index (Phi) is 7.23. The van der Waals surface area contributed by atoms with Gasteiger partial charge in [0.05, 0.1) is 25.9 Å². The lowest BCUT2D eigenvalue weighted by molar-refractivity contribution is -0.129. The molecule has 1 atom stereocenters. The van der Waals surface area contributed by atoms with Gasteiger partial charge in [0.25, 0.3) is 0 Å². The monoisotopic (exact) mass is 257 g/mol. The molecule has 18 heavy (non-hydrogen) atoms. The van der Waals surface area contributed by atoms with E-state index in [1.54, 1.807) is 0 Å². The highest BCUT2D eigenvalue weighted by Crippen LogP contribution is 2.09. The third-order valence-electron chi connectivity index (χ3n) is 3.17. The normalized spacial score (nSPS) is 20.1. The van der Waals surface area contributed by atoms with E-state index in [1.807, 2.05) is 19.0 Å². The highest BCUT2D eigenvalue weighted by atomic mass is 16.5. The maximum Gasteiger partial charge on any atom is 0.240 e. The molecule has 1 heterocycles. The molecule has 5 heteroatoms. The summed E-state index contributed by atoms with van der Waals surface area (Å²) in [7, 11) is 4.05. The predicted octanol–water partition coefficient (Wildman–Crippen LogP) is 0.513. The third-order valence-corrected chi connectivity index (χ3v) is 3.17. The van der Waals surface area contributed by atoms with Crippen LogP contribution in [-0.2, 0) is 9.53 Å². The van der Waals surface area contributed by atoms with Crippen LogP contribution in [0.5, 0.6) is 0 Å². The van der Waals surface area contributed by atoms with Gasteiger partial charge in [-0.2, -0.15) is 0 Å². The highest BCUT2D eigenvalue weighted by Gasteiger charge is 2.29. The quantitative estimate of drug-likeness (QED) is 0.611. The molecule has 1 rings (SSSR count). The molecule has 1 N–H and O–H groups in total. The van der Waals surface area contributed by atoms with E-state index in [-0.39, 0.29) is 11.9 Å². The lowest BCUT2D eigenvalue weighted by atomic mass is 10.1. The standard InChI is InChI=1S/C13H27N3O2/c1-4-5-6-12-13(17)16(11-14-12)8-10-18-9-7-15(2)3/h12,14H,4-11H2,1-3H3. The summed E-state index contributed by atoms with van der Waals surface area (Å²) in [5.41, 5.74) is 0. The summed E-state index contributed by atoms with van der Waals surface area (Å²) < 4.78 is 5.51. The molecule has 0 aliphatic carbocycles. The number of rotatable bonds is 9. The molecule has 0 aromatic rings. The van der Waals surface area contributed by atoms with Crippen LogP contribution in [0.1, 0.15) is 26.2 Å². The second-order valence-electron chi connectivity index (χ2n) is 5.07. The summed E-state index contributed by atoms with van der Waals surface area (Å²) >= 11 is 0. The molecule has 1 saturated heterocycles. The Hall–Kier alpha value is -0.650. The van der Waals surface area contributed by atoms with Gasteiger partial charge in [-0.25, -0.2) is 0 Å². The molecule has 1 aliphatic rings. The second kappa shape index (κ2) is 8.45. The largest absolute Gasteiger partial charge is 0.378 e. The van der Waals surface area contributed by atoms with Gasteiger partial charge in [0.2, 0.25) is 5.91 Å². The van der Waals surface area contributed by atoms with Crippen LogP contribution in [0.15, 0.2) is 0 Å². The molecule has 1 amide bonds. The van der Waals surface area contributed by atoms with Crippen molar-refractivity contribution in [3.05, 3.63) is 0 Å². The van der Waals surface area contributed by atoms with Crippen molar-refractivity contribution in [2.24, 2.45) is 0 Å². The lowest BCUT2D eigenvalue weighted by Crippen LogP contribution is -2.33. The number of carbonyl (C=O) groups is 1. The zero-order valence-corrected chi connectivity index (χ0v) is 11.9. The zero-order valence-electron chi connectivity index (χ0n) is 11.9. The minimum absolute atomic E-state index is 0.0340. The smallest absolute Gasteiger partial charge is 0.240 e. The maximum atomic E-state index is 12.0. The number of hydrogen-bond acceptors (Lipinski definition) is 4. The first-order chi connectivity index (χ1) is 8.65. The van der Waals surface area contributed by atoms with Gasteiger partial charge in [-0.05, 0) is 20.5 Å². The fourth-order valence-corrected chi connectivity index (χ4v) is 1.95. The van der Waals surface area contributed by atoms with Gasteiger partial charge in [-0.1, -0.05) is 19.8 Å². The first kappa shape index (κ1) is 15.4. The topological polar surface area (TPSA) is 44.8 Å². The van der Waals surface area contributed by atoms with E-state index in [4.69, 9.17) is 4.74 Å². The minimum atomic E-state index is 0.0340. The Morgan fingerprint density at radius 2 is 2.22 bits per heavy atom. The summed E-state index contributed by atoms with van der Waals surface area (Å²) in [5, 5.41) is 3.26. The summed E-state index contributed by atoms with van der Waals surface area (Å²) in [6.45, 7) is 5.79. The predicted molar refractivity (Wildman–Crippen MR) is 72.4 cm³/mol. The van der Waals surface area contributed by atoms with Crippen LogP contribution in [0.4, 0.5) is 0 Å². The van der Waals surface area contributed by atoms with Crippen LogP contribution < -0.4 is 5.32 Å². The summed E-state index contributed by atoms with van der Waals surface area (Å²) in [5.74, 6) is 0.236. The molecule has 0 aromatic carbocycles. The number of nitrogens with zero attached hydrogens (tertiary/aromatic N) is 2. The van der Waals surface area contributed by atoms with E-state index < -0.39 is 0 Å². The number of unbranched alkanes of at least 4 members (excludes halogenated alkanes) is 1. The summed E-state index contributed by atoms with van der Waals surface area (Å²) in [6, 6.07) is 0.0340. The van der Waals surface area contributed by atoms with Crippen LogP contribution in [0.3, 0.4) is 0 Å². The first-order valence-electron chi connectivity index (χ1n) is 6.89. The van der Waals surface area contributed by atoms with Crippen molar-refractivity contribution in [3.63, 3.8) is 0 Å². The van der Waals surface area contributed by atoms with Crippen LogP contribution in [0.2, 0.25) is 0 Å². The summed E-state index contributed by atoms with van der Waals surface area (Å²) in [6.07, 6.45) is 3.20. The van der Waals surface area contributed by atoms with E-state index in [2.05, 4.69) is 17.1 Å². The van der Waals surface area contributed by atoms with Crippen LogP contribution in [-0.4, -0.2) is 68.8 Å². The van der Waals surface area contributed by atoms with Crippen molar-refractivity contribution < 1.29 is 9.53 Å². The van der Waals surface area contributed by atoms with Crippen LogP contribution in [0.25, 0.3) is 0 Å². The van der Waals surface area contributed by atoms with Gasteiger partial charge in [0.1, 0.15) is 0 Å². The number of hydrogen-bond donors (Lipinski definition) is 1. The van der Waals surface area contributed by atoms with Crippen LogP contribution in [0, 0.1) is 0 Å². The van der Waals surface area contributed by atoms with Crippen molar-refractivity contribution in [2.75, 3.05) is 47.1 Å². The van der Waals surface area contributed by atoms with E-state index in [1.165, 1.54) is 0 Å². The number of amides is 1. The van der Waals surface area contributed by atoms with Gasteiger partial charge in [-0.15, -0.1) is 0 Å². The SMILES string of the molecule is CCCCC1NCN(CCOCCN(C)C)C1=O. The molecule has 1 aliphatic heterocycles. The molecule has 0 aromatic heterocycles. The van der Waals surface area contributed by atoms with Gasteiger partial charge >= 0.3 is 0 Å². The molecule has 0 spiro atoms. The van der Waals surface area contributed by atoms with Crippen molar-refractivity contribution in [2.45, 2.75) is 32.2 Å². The van der Waals surface area contributed by atoms with E-state index in [0.29, 0.717) is 19.8 Å². The average Bonchev–Trinajstić information content (AvgIpc) is 2.67. The van der Waals surface area contributed by atoms with E-state index in [9.17, 15) is 4.79 Å². The second-order valence-corrected chi connectivity index (χ2v) is 5.07. The Balaban J connectivity index is 2.10. The molecule has 0 radical (unpaired) electrons. The molecule has 106 valence electrons. The van der Waals surface area contributed by atoms with E-state index in [0.717, 1.165) is 32.4 Å². The molecular weight excluding hydrogens is 230 g/mol. The summed E-state index contributed by atoms with van der Waals surface area (Å²) in [4.78, 5) is 15.9. The van der Waals surface area contributed by atoms with Crippen molar-refractivity contribution in [1.82, 2.24) is 15.1 Å². The fourth-order valence-electron chi connectivity index (χ4n) is 1.95. The Labute approximate surface area is 110 Å². The number of ether oxygens (including phenoxy) is 1. The molecule has 5 nitrogen and oxygen atoms in total. The minimum Gasteiger partial charge on any atom is -0.378 e. The molecular formula is C13H27N3O2. The number of likely N-dealkylation sites (N-methyl/N-ethyl adjacent to an activating group) is 1. The van der Waals surface area contributed by atoms with Gasteiger partial charge in [0.15, 0.2) is 0 Å². The molecule has 1 fully saturated rings. The van der Waals surface area contributed by atoms with Crippen LogP contribution >= 0.6 is 0 Å². The fraction of sp³-hybridized carbons (Fsp3) is 0.923. The Bertz CT molecular complexity index is 246. The average molecular weight is 257 g/mol. The third kappa shape index (κ3) is 5.33. The van der Waals surface area contributed by atoms with Gasteiger partial charge < -0.3 is 14.5 Å². The number of nitrogens with one attached hydrogen (secondary N) is 1.